The van der Waals surface area contributed by atoms with E-state index in [0.29, 0.717) is 6.54 Å². The quantitative estimate of drug-likeness (QED) is 0.869. The van der Waals surface area contributed by atoms with E-state index in [1.807, 2.05) is 18.2 Å². The van der Waals surface area contributed by atoms with Crippen LogP contribution in [0.3, 0.4) is 0 Å². The molecule has 110 valence electrons. The highest BCUT2D eigenvalue weighted by Crippen LogP contribution is 2.25. The first-order chi connectivity index (χ1) is 9.74. The van der Waals surface area contributed by atoms with Crippen LogP contribution >= 0.6 is 0 Å². The number of rotatable bonds is 6. The standard InChI is InChI=1S/C16H23NO3/c1-19-14-7-8-15(20-2)13(11-14)9-10-17-16(18)12-5-3-4-6-12/h7-8,11-12H,3-6,9-10H2,1-2H3,(H,17,18). The lowest BCUT2D eigenvalue weighted by Crippen LogP contribution is -2.31. The number of nitrogens with one attached hydrogen (secondary N) is 1. The van der Waals surface area contributed by atoms with Gasteiger partial charge in [0.05, 0.1) is 14.2 Å². The van der Waals surface area contributed by atoms with E-state index in [-0.39, 0.29) is 11.8 Å². The Balaban J connectivity index is 1.87. The van der Waals surface area contributed by atoms with Crippen molar-refractivity contribution in [1.82, 2.24) is 5.32 Å². The van der Waals surface area contributed by atoms with Crippen LogP contribution in [0.15, 0.2) is 18.2 Å². The van der Waals surface area contributed by atoms with E-state index in [1.54, 1.807) is 14.2 Å². The fraction of sp³-hybridized carbons (Fsp3) is 0.562. The fourth-order valence-corrected chi connectivity index (χ4v) is 2.73. The molecule has 2 rings (SSSR count). The summed E-state index contributed by atoms with van der Waals surface area (Å²) in [5.41, 5.74) is 1.05. The normalized spacial score (nSPS) is 15.1. The molecule has 1 aliphatic rings. The molecule has 0 aromatic heterocycles. The summed E-state index contributed by atoms with van der Waals surface area (Å²) < 4.78 is 10.6. The smallest absolute Gasteiger partial charge is 0.223 e. The third-order valence-electron chi connectivity index (χ3n) is 3.91. The zero-order chi connectivity index (χ0) is 14.4. The van der Waals surface area contributed by atoms with Crippen molar-refractivity contribution in [2.75, 3.05) is 20.8 Å². The van der Waals surface area contributed by atoms with Gasteiger partial charge in [0, 0.05) is 12.5 Å². The predicted octanol–water partition coefficient (Wildman–Crippen LogP) is 2.55. The van der Waals surface area contributed by atoms with E-state index >= 15 is 0 Å². The van der Waals surface area contributed by atoms with E-state index in [4.69, 9.17) is 9.47 Å². The maximum atomic E-state index is 11.9. The Bertz CT molecular complexity index is 453. The summed E-state index contributed by atoms with van der Waals surface area (Å²) in [5, 5.41) is 3.03. The van der Waals surface area contributed by atoms with Crippen LogP contribution in [0.4, 0.5) is 0 Å². The Morgan fingerprint density at radius 2 is 2.00 bits per heavy atom. The van der Waals surface area contributed by atoms with Gasteiger partial charge in [0.25, 0.3) is 0 Å². The van der Waals surface area contributed by atoms with Crippen LogP contribution in [-0.4, -0.2) is 26.7 Å². The van der Waals surface area contributed by atoms with Crippen molar-refractivity contribution in [3.63, 3.8) is 0 Å². The summed E-state index contributed by atoms with van der Waals surface area (Å²) >= 11 is 0. The average Bonchev–Trinajstić information content (AvgIpc) is 3.01. The van der Waals surface area contributed by atoms with E-state index in [9.17, 15) is 4.79 Å². The summed E-state index contributed by atoms with van der Waals surface area (Å²) in [6, 6.07) is 5.73. The summed E-state index contributed by atoms with van der Waals surface area (Å²) in [5.74, 6) is 2.07. The number of methoxy groups -OCH3 is 2. The molecule has 1 aliphatic carbocycles. The Labute approximate surface area is 120 Å². The van der Waals surface area contributed by atoms with E-state index in [1.165, 1.54) is 12.8 Å². The lowest BCUT2D eigenvalue weighted by Gasteiger charge is -2.13. The van der Waals surface area contributed by atoms with Crippen molar-refractivity contribution in [3.05, 3.63) is 23.8 Å². The molecular weight excluding hydrogens is 254 g/mol. The second-order valence-electron chi connectivity index (χ2n) is 5.20. The molecular formula is C16H23NO3. The number of hydrogen-bond donors (Lipinski definition) is 1. The number of carbonyl (C=O) groups excluding carboxylic acids is 1. The van der Waals surface area contributed by atoms with Crippen LogP contribution in [-0.2, 0) is 11.2 Å². The van der Waals surface area contributed by atoms with Crippen molar-refractivity contribution in [2.45, 2.75) is 32.1 Å². The van der Waals surface area contributed by atoms with Crippen LogP contribution in [0.25, 0.3) is 0 Å². The van der Waals surface area contributed by atoms with E-state index < -0.39 is 0 Å². The largest absolute Gasteiger partial charge is 0.497 e. The van der Waals surface area contributed by atoms with Gasteiger partial charge in [0.1, 0.15) is 11.5 Å². The van der Waals surface area contributed by atoms with Gasteiger partial charge in [-0.25, -0.2) is 0 Å². The second-order valence-corrected chi connectivity index (χ2v) is 5.20. The number of carbonyl (C=O) groups is 1. The summed E-state index contributed by atoms with van der Waals surface area (Å²) in [4.78, 5) is 11.9. The topological polar surface area (TPSA) is 47.6 Å². The molecule has 1 N–H and O–H groups in total. The first-order valence-corrected chi connectivity index (χ1v) is 7.23. The van der Waals surface area contributed by atoms with Crippen molar-refractivity contribution >= 4 is 5.91 Å². The van der Waals surface area contributed by atoms with Gasteiger partial charge in [-0.2, -0.15) is 0 Å². The third kappa shape index (κ3) is 3.65. The Hall–Kier alpha value is -1.71. The maximum absolute atomic E-state index is 11.9. The highest BCUT2D eigenvalue weighted by molar-refractivity contribution is 5.78. The van der Waals surface area contributed by atoms with Crippen LogP contribution in [0.1, 0.15) is 31.2 Å². The Morgan fingerprint density at radius 3 is 2.65 bits per heavy atom. The molecule has 20 heavy (non-hydrogen) atoms. The molecule has 1 fully saturated rings. The summed E-state index contributed by atoms with van der Waals surface area (Å²) in [6.07, 6.45) is 5.19. The SMILES string of the molecule is COc1ccc(OC)c(CCNC(=O)C2CCCC2)c1. The second kappa shape index (κ2) is 7.17. The molecule has 0 unspecified atom stereocenters. The number of ether oxygens (including phenoxy) is 2. The van der Waals surface area contributed by atoms with Crippen molar-refractivity contribution < 1.29 is 14.3 Å². The van der Waals surface area contributed by atoms with Gasteiger partial charge in [-0.15, -0.1) is 0 Å². The zero-order valence-electron chi connectivity index (χ0n) is 12.3. The Kier molecular flexibility index (Phi) is 5.27. The molecule has 0 saturated heterocycles. The molecule has 0 spiro atoms. The van der Waals surface area contributed by atoms with Crippen LogP contribution in [0.2, 0.25) is 0 Å². The highest BCUT2D eigenvalue weighted by atomic mass is 16.5. The fourth-order valence-electron chi connectivity index (χ4n) is 2.73. The predicted molar refractivity (Wildman–Crippen MR) is 78.2 cm³/mol. The molecule has 1 aromatic rings. The minimum atomic E-state index is 0.198. The molecule has 0 bridgehead atoms. The van der Waals surface area contributed by atoms with Gasteiger partial charge in [-0.1, -0.05) is 12.8 Å². The van der Waals surface area contributed by atoms with Gasteiger partial charge in [0.15, 0.2) is 0 Å². The lowest BCUT2D eigenvalue weighted by molar-refractivity contribution is -0.124. The molecule has 0 heterocycles. The molecule has 0 aliphatic heterocycles. The zero-order valence-corrected chi connectivity index (χ0v) is 12.3. The third-order valence-corrected chi connectivity index (χ3v) is 3.91. The van der Waals surface area contributed by atoms with Crippen LogP contribution in [0, 0.1) is 5.92 Å². The minimum Gasteiger partial charge on any atom is -0.497 e. The molecule has 1 saturated carbocycles. The molecule has 1 amide bonds. The monoisotopic (exact) mass is 277 g/mol. The van der Waals surface area contributed by atoms with Gasteiger partial charge >= 0.3 is 0 Å². The van der Waals surface area contributed by atoms with Crippen LogP contribution in [0.5, 0.6) is 11.5 Å². The molecule has 4 heteroatoms. The number of benzene rings is 1. The molecule has 1 aromatic carbocycles. The molecule has 0 radical (unpaired) electrons. The average molecular weight is 277 g/mol. The lowest BCUT2D eigenvalue weighted by atomic mass is 10.1. The first kappa shape index (κ1) is 14.7. The number of amides is 1. The van der Waals surface area contributed by atoms with Crippen molar-refractivity contribution in [3.8, 4) is 11.5 Å². The minimum absolute atomic E-state index is 0.198. The van der Waals surface area contributed by atoms with Gasteiger partial charge in [-0.05, 0) is 43.0 Å². The highest BCUT2D eigenvalue weighted by Gasteiger charge is 2.22. The molecule has 0 atom stereocenters. The summed E-state index contributed by atoms with van der Waals surface area (Å²) in [6.45, 7) is 0.638. The van der Waals surface area contributed by atoms with E-state index in [0.717, 1.165) is 36.3 Å². The van der Waals surface area contributed by atoms with Crippen molar-refractivity contribution in [1.29, 1.82) is 0 Å². The van der Waals surface area contributed by atoms with Crippen LogP contribution < -0.4 is 14.8 Å². The maximum Gasteiger partial charge on any atom is 0.223 e. The van der Waals surface area contributed by atoms with E-state index in [2.05, 4.69) is 5.32 Å². The van der Waals surface area contributed by atoms with Crippen molar-refractivity contribution in [2.24, 2.45) is 5.92 Å². The van der Waals surface area contributed by atoms with Gasteiger partial charge < -0.3 is 14.8 Å². The molecule has 4 nitrogen and oxygen atoms in total. The Morgan fingerprint density at radius 1 is 1.25 bits per heavy atom. The number of hydrogen-bond acceptors (Lipinski definition) is 3. The van der Waals surface area contributed by atoms with Gasteiger partial charge in [-0.3, -0.25) is 4.79 Å². The first-order valence-electron chi connectivity index (χ1n) is 7.23. The summed E-state index contributed by atoms with van der Waals surface area (Å²) in [7, 11) is 3.30. The van der Waals surface area contributed by atoms with Gasteiger partial charge in [0.2, 0.25) is 5.91 Å².